The number of ether oxygens (including phenoxy) is 1. The lowest BCUT2D eigenvalue weighted by Crippen LogP contribution is -2.47. The smallest absolute Gasteiger partial charge is 0.242 e. The highest BCUT2D eigenvalue weighted by molar-refractivity contribution is 5.87. The van der Waals surface area contributed by atoms with E-state index in [0.29, 0.717) is 25.4 Å². The zero-order chi connectivity index (χ0) is 18.8. The monoisotopic (exact) mass is 348 g/mol. The van der Waals surface area contributed by atoms with Gasteiger partial charge in [0, 0.05) is 19.5 Å². The Bertz CT molecular complexity index is 540. The minimum absolute atomic E-state index is 0.00447. The Hall–Kier alpha value is -2.04. The first-order chi connectivity index (χ1) is 11.9. The van der Waals surface area contributed by atoms with Crippen LogP contribution in [0.3, 0.4) is 0 Å². The van der Waals surface area contributed by atoms with Crippen molar-refractivity contribution in [1.82, 2.24) is 10.2 Å². The molecule has 0 aromatic heterocycles. The molecule has 0 radical (unpaired) electrons. The Balaban J connectivity index is 2.80. The highest BCUT2D eigenvalue weighted by Gasteiger charge is 2.25. The number of hydrogen-bond donors (Lipinski definition) is 1. The lowest BCUT2D eigenvalue weighted by atomic mass is 10.1. The van der Waals surface area contributed by atoms with Crippen molar-refractivity contribution in [2.24, 2.45) is 5.92 Å². The first-order valence-electron chi connectivity index (χ1n) is 9.09. The maximum atomic E-state index is 12.5. The molecule has 0 aliphatic heterocycles. The molecule has 1 aromatic rings. The number of amides is 2. The molecule has 1 rings (SSSR count). The van der Waals surface area contributed by atoms with Crippen molar-refractivity contribution in [2.45, 2.75) is 59.5 Å². The van der Waals surface area contributed by atoms with E-state index in [0.717, 1.165) is 24.2 Å². The highest BCUT2D eigenvalue weighted by Crippen LogP contribution is 2.16. The van der Waals surface area contributed by atoms with E-state index < -0.39 is 6.04 Å². The summed E-state index contributed by atoms with van der Waals surface area (Å²) < 4.78 is 5.16. The maximum absolute atomic E-state index is 12.5. The molecule has 0 spiro atoms. The van der Waals surface area contributed by atoms with Crippen LogP contribution < -0.4 is 10.1 Å². The van der Waals surface area contributed by atoms with Crippen molar-refractivity contribution in [2.75, 3.05) is 13.7 Å². The van der Waals surface area contributed by atoms with Gasteiger partial charge in [0.15, 0.2) is 0 Å². The van der Waals surface area contributed by atoms with Gasteiger partial charge in [-0.25, -0.2) is 0 Å². The molecule has 1 N–H and O–H groups in total. The van der Waals surface area contributed by atoms with Crippen LogP contribution in [0, 0.1) is 5.92 Å². The molecule has 1 atom stereocenters. The summed E-state index contributed by atoms with van der Waals surface area (Å²) in [5.41, 5.74) is 0.979. The summed E-state index contributed by atoms with van der Waals surface area (Å²) in [4.78, 5) is 26.6. The Kier molecular flexibility index (Phi) is 9.03. The Labute approximate surface area is 151 Å². The zero-order valence-corrected chi connectivity index (χ0v) is 16.2. The molecule has 5 heteroatoms. The summed E-state index contributed by atoms with van der Waals surface area (Å²) >= 11 is 0. The molecule has 2 amide bonds. The van der Waals surface area contributed by atoms with Gasteiger partial charge in [-0.15, -0.1) is 0 Å². The number of methoxy groups -OCH3 is 1. The second-order valence-corrected chi connectivity index (χ2v) is 6.77. The van der Waals surface area contributed by atoms with Crippen molar-refractivity contribution in [1.29, 1.82) is 0 Å². The molecule has 5 nitrogen and oxygen atoms in total. The predicted octanol–water partition coefficient (Wildman–Crippen LogP) is 3.37. The summed E-state index contributed by atoms with van der Waals surface area (Å²) in [7, 11) is 1.62. The summed E-state index contributed by atoms with van der Waals surface area (Å²) in [6.45, 7) is 9.06. The molecule has 0 fully saturated rings. The second-order valence-electron chi connectivity index (χ2n) is 6.77. The minimum atomic E-state index is -0.492. The summed E-state index contributed by atoms with van der Waals surface area (Å²) in [6, 6.07) is 7.09. The van der Waals surface area contributed by atoms with Gasteiger partial charge in [-0.1, -0.05) is 32.9 Å². The molecular formula is C20H32N2O3. The van der Waals surface area contributed by atoms with Gasteiger partial charge in [-0.2, -0.15) is 0 Å². The molecule has 0 aliphatic rings. The van der Waals surface area contributed by atoms with Gasteiger partial charge in [0.2, 0.25) is 11.8 Å². The summed E-state index contributed by atoms with van der Waals surface area (Å²) in [6.07, 6.45) is 2.14. The van der Waals surface area contributed by atoms with Gasteiger partial charge in [0.25, 0.3) is 0 Å². The third kappa shape index (κ3) is 7.16. The van der Waals surface area contributed by atoms with Gasteiger partial charge in [-0.3, -0.25) is 9.59 Å². The van der Waals surface area contributed by atoms with Crippen LogP contribution >= 0.6 is 0 Å². The number of nitrogens with zero attached hydrogens (tertiary/aromatic N) is 1. The van der Waals surface area contributed by atoms with E-state index in [9.17, 15) is 9.59 Å². The van der Waals surface area contributed by atoms with E-state index in [-0.39, 0.29) is 11.8 Å². The van der Waals surface area contributed by atoms with Crippen LogP contribution in [-0.4, -0.2) is 36.4 Å². The van der Waals surface area contributed by atoms with E-state index in [2.05, 4.69) is 19.2 Å². The van der Waals surface area contributed by atoms with Crippen LogP contribution in [0.15, 0.2) is 24.3 Å². The highest BCUT2D eigenvalue weighted by atomic mass is 16.5. The van der Waals surface area contributed by atoms with Crippen LogP contribution in [0.4, 0.5) is 0 Å². The van der Waals surface area contributed by atoms with Crippen molar-refractivity contribution >= 4 is 11.8 Å². The van der Waals surface area contributed by atoms with Gasteiger partial charge in [0.05, 0.1) is 7.11 Å². The lowest BCUT2D eigenvalue weighted by Gasteiger charge is -2.29. The number of hydrogen-bond acceptors (Lipinski definition) is 3. The van der Waals surface area contributed by atoms with Crippen molar-refractivity contribution in [3.8, 4) is 5.75 Å². The fourth-order valence-corrected chi connectivity index (χ4v) is 2.50. The molecule has 0 aliphatic carbocycles. The number of carbonyl (C=O) groups is 2. The van der Waals surface area contributed by atoms with Crippen LogP contribution in [0.1, 0.15) is 52.5 Å². The molecule has 140 valence electrons. The van der Waals surface area contributed by atoms with Crippen LogP contribution in [0.25, 0.3) is 0 Å². The SMILES string of the molecule is CCCC(=O)N(Cc1ccc(OC)cc1)[C@@H](C)C(=O)NCCC(C)C. The van der Waals surface area contributed by atoms with E-state index in [1.807, 2.05) is 31.2 Å². The number of rotatable bonds is 10. The van der Waals surface area contributed by atoms with E-state index in [4.69, 9.17) is 4.74 Å². The third-order valence-corrected chi connectivity index (χ3v) is 4.16. The standard InChI is InChI=1S/C20H32N2O3/c1-6-7-19(23)22(14-17-8-10-18(25-5)11-9-17)16(4)20(24)21-13-12-15(2)3/h8-11,15-16H,6-7,12-14H2,1-5H3,(H,21,24)/t16-/m0/s1. The topological polar surface area (TPSA) is 58.6 Å². The van der Waals surface area contributed by atoms with Crippen molar-refractivity contribution in [3.63, 3.8) is 0 Å². The predicted molar refractivity (Wildman–Crippen MR) is 100 cm³/mol. The molecule has 0 saturated heterocycles. The van der Waals surface area contributed by atoms with Crippen LogP contribution in [-0.2, 0) is 16.1 Å². The van der Waals surface area contributed by atoms with E-state index >= 15 is 0 Å². The fourth-order valence-electron chi connectivity index (χ4n) is 2.50. The lowest BCUT2D eigenvalue weighted by molar-refractivity contribution is -0.140. The first-order valence-corrected chi connectivity index (χ1v) is 9.09. The number of nitrogens with one attached hydrogen (secondary N) is 1. The normalized spacial score (nSPS) is 11.9. The third-order valence-electron chi connectivity index (χ3n) is 4.16. The average molecular weight is 348 g/mol. The van der Waals surface area contributed by atoms with Gasteiger partial charge >= 0.3 is 0 Å². The summed E-state index contributed by atoms with van der Waals surface area (Å²) in [5, 5.41) is 2.94. The first kappa shape index (κ1) is 21.0. The van der Waals surface area contributed by atoms with Crippen LogP contribution in [0.5, 0.6) is 5.75 Å². The molecule has 0 bridgehead atoms. The van der Waals surface area contributed by atoms with Gasteiger partial charge < -0.3 is 15.0 Å². The van der Waals surface area contributed by atoms with E-state index in [1.54, 1.807) is 18.9 Å². The van der Waals surface area contributed by atoms with E-state index in [1.165, 1.54) is 0 Å². The zero-order valence-electron chi connectivity index (χ0n) is 16.2. The Morgan fingerprint density at radius 1 is 1.16 bits per heavy atom. The fraction of sp³-hybridized carbons (Fsp3) is 0.600. The number of carbonyl (C=O) groups excluding carboxylic acids is 2. The molecule has 1 aromatic carbocycles. The summed E-state index contributed by atoms with van der Waals surface area (Å²) in [5.74, 6) is 1.21. The molecule has 0 saturated carbocycles. The Morgan fingerprint density at radius 2 is 1.80 bits per heavy atom. The quantitative estimate of drug-likeness (QED) is 0.705. The minimum Gasteiger partial charge on any atom is -0.497 e. The molecular weight excluding hydrogens is 316 g/mol. The van der Waals surface area contributed by atoms with Gasteiger partial charge in [-0.05, 0) is 43.4 Å². The largest absolute Gasteiger partial charge is 0.497 e. The maximum Gasteiger partial charge on any atom is 0.242 e. The average Bonchev–Trinajstić information content (AvgIpc) is 2.59. The van der Waals surface area contributed by atoms with Crippen LogP contribution in [0.2, 0.25) is 0 Å². The second kappa shape index (κ2) is 10.7. The number of benzene rings is 1. The Morgan fingerprint density at radius 3 is 2.32 bits per heavy atom. The molecule has 0 unspecified atom stereocenters. The molecule has 25 heavy (non-hydrogen) atoms. The van der Waals surface area contributed by atoms with Crippen molar-refractivity contribution < 1.29 is 14.3 Å². The van der Waals surface area contributed by atoms with Crippen molar-refractivity contribution in [3.05, 3.63) is 29.8 Å². The molecule has 0 heterocycles. The van der Waals surface area contributed by atoms with Gasteiger partial charge in [0.1, 0.15) is 11.8 Å².